The van der Waals surface area contributed by atoms with E-state index in [0.717, 1.165) is 11.5 Å². The van der Waals surface area contributed by atoms with Crippen molar-refractivity contribution in [2.75, 3.05) is 0 Å². The summed E-state index contributed by atoms with van der Waals surface area (Å²) in [4.78, 5) is 12.5. The van der Waals surface area contributed by atoms with E-state index in [0.29, 0.717) is 21.9 Å². The predicted octanol–water partition coefficient (Wildman–Crippen LogP) is 2.87. The van der Waals surface area contributed by atoms with Gasteiger partial charge in [-0.05, 0) is 47.9 Å². The number of rotatable bonds is 4. The van der Waals surface area contributed by atoms with E-state index in [-0.39, 0.29) is 18.3 Å². The lowest BCUT2D eigenvalue weighted by atomic mass is 10.1. The van der Waals surface area contributed by atoms with E-state index in [2.05, 4.69) is 14.9 Å². The molecule has 0 aliphatic carbocycles. The van der Waals surface area contributed by atoms with Gasteiger partial charge in [-0.25, -0.2) is 4.39 Å². The molecule has 3 rings (SSSR count). The number of hydrogen-bond acceptors (Lipinski definition) is 5. The molecule has 2 heterocycles. The van der Waals surface area contributed by atoms with Gasteiger partial charge in [-0.3, -0.25) is 4.79 Å². The van der Waals surface area contributed by atoms with Gasteiger partial charge < -0.3 is 9.73 Å². The molecule has 0 spiro atoms. The Kier molecular flexibility index (Phi) is 3.74. The van der Waals surface area contributed by atoms with Crippen molar-refractivity contribution in [3.8, 4) is 11.3 Å². The maximum absolute atomic E-state index is 12.9. The number of furan rings is 1. The van der Waals surface area contributed by atoms with Crippen LogP contribution in [0.15, 0.2) is 47.1 Å². The van der Waals surface area contributed by atoms with Gasteiger partial charge in [0.2, 0.25) is 0 Å². The van der Waals surface area contributed by atoms with Crippen LogP contribution in [-0.2, 0) is 6.54 Å². The Hall–Kier alpha value is -2.54. The molecule has 5 nitrogen and oxygen atoms in total. The molecule has 0 bridgehead atoms. The SMILES string of the molecule is O=C(NCc1ccco1)c1snnc1-c1ccc(F)cc1. The normalized spacial score (nSPS) is 10.5. The first-order valence-electron chi connectivity index (χ1n) is 6.13. The summed E-state index contributed by atoms with van der Waals surface area (Å²) in [7, 11) is 0. The smallest absolute Gasteiger partial charge is 0.265 e. The van der Waals surface area contributed by atoms with Gasteiger partial charge in [0.15, 0.2) is 0 Å². The average Bonchev–Trinajstić information content (AvgIpc) is 3.17. The molecule has 0 fully saturated rings. The summed E-state index contributed by atoms with van der Waals surface area (Å²) in [6.45, 7) is 0.284. The highest BCUT2D eigenvalue weighted by molar-refractivity contribution is 7.08. The molecule has 1 N–H and O–H groups in total. The number of halogens is 1. The molecule has 1 aromatic carbocycles. The Morgan fingerprint density at radius 1 is 1.29 bits per heavy atom. The third kappa shape index (κ3) is 2.97. The predicted molar refractivity (Wildman–Crippen MR) is 75.2 cm³/mol. The van der Waals surface area contributed by atoms with Crippen molar-refractivity contribution in [2.45, 2.75) is 6.54 Å². The second-order valence-corrected chi connectivity index (χ2v) is 4.97. The summed E-state index contributed by atoms with van der Waals surface area (Å²) in [6, 6.07) is 9.29. The van der Waals surface area contributed by atoms with Gasteiger partial charge in [0, 0.05) is 5.56 Å². The van der Waals surface area contributed by atoms with Crippen LogP contribution >= 0.6 is 11.5 Å². The van der Waals surface area contributed by atoms with Crippen molar-refractivity contribution >= 4 is 17.4 Å². The van der Waals surface area contributed by atoms with Crippen LogP contribution in [-0.4, -0.2) is 15.5 Å². The molecule has 0 saturated heterocycles. The van der Waals surface area contributed by atoms with Gasteiger partial charge in [0.25, 0.3) is 5.91 Å². The van der Waals surface area contributed by atoms with E-state index in [9.17, 15) is 9.18 Å². The fraction of sp³-hybridized carbons (Fsp3) is 0.0714. The summed E-state index contributed by atoms with van der Waals surface area (Å²) < 4.78 is 21.9. The van der Waals surface area contributed by atoms with Gasteiger partial charge >= 0.3 is 0 Å². The van der Waals surface area contributed by atoms with Gasteiger partial charge in [0.05, 0.1) is 12.8 Å². The fourth-order valence-corrected chi connectivity index (χ4v) is 2.40. The van der Waals surface area contributed by atoms with Crippen LogP contribution < -0.4 is 5.32 Å². The number of nitrogens with one attached hydrogen (secondary N) is 1. The Labute approximate surface area is 123 Å². The van der Waals surface area contributed by atoms with Crippen molar-refractivity contribution in [1.82, 2.24) is 14.9 Å². The fourth-order valence-electron chi connectivity index (χ4n) is 1.80. The molecule has 1 amide bonds. The summed E-state index contributed by atoms with van der Waals surface area (Å²) in [6.07, 6.45) is 1.54. The summed E-state index contributed by atoms with van der Waals surface area (Å²) >= 11 is 0.996. The number of benzene rings is 1. The standard InChI is InChI=1S/C14H10FN3O2S/c15-10-5-3-9(4-6-10)12-13(21-18-17-12)14(19)16-8-11-2-1-7-20-11/h1-7H,8H2,(H,16,19). The van der Waals surface area contributed by atoms with Crippen LogP contribution in [0.1, 0.15) is 15.4 Å². The monoisotopic (exact) mass is 303 g/mol. The summed E-state index contributed by atoms with van der Waals surface area (Å²) in [5.74, 6) is 0.0237. The Morgan fingerprint density at radius 2 is 2.10 bits per heavy atom. The van der Waals surface area contributed by atoms with Crippen LogP contribution in [0.4, 0.5) is 4.39 Å². The van der Waals surface area contributed by atoms with E-state index in [1.54, 1.807) is 30.5 Å². The third-order valence-electron chi connectivity index (χ3n) is 2.82. The van der Waals surface area contributed by atoms with Gasteiger partial charge in [0.1, 0.15) is 22.1 Å². The van der Waals surface area contributed by atoms with Crippen molar-refractivity contribution in [3.05, 3.63) is 59.1 Å². The lowest BCUT2D eigenvalue weighted by Crippen LogP contribution is -2.22. The highest BCUT2D eigenvalue weighted by Crippen LogP contribution is 2.24. The van der Waals surface area contributed by atoms with E-state index in [1.807, 2.05) is 0 Å². The highest BCUT2D eigenvalue weighted by atomic mass is 32.1. The second kappa shape index (κ2) is 5.84. The Morgan fingerprint density at radius 3 is 2.81 bits per heavy atom. The lowest BCUT2D eigenvalue weighted by Gasteiger charge is -2.03. The highest BCUT2D eigenvalue weighted by Gasteiger charge is 2.17. The molecule has 0 aliphatic heterocycles. The quantitative estimate of drug-likeness (QED) is 0.804. The minimum absolute atomic E-state index is 0.284. The minimum atomic E-state index is -0.342. The molecule has 0 atom stereocenters. The van der Waals surface area contributed by atoms with Crippen LogP contribution in [0.25, 0.3) is 11.3 Å². The molecule has 0 saturated carbocycles. The lowest BCUT2D eigenvalue weighted by molar-refractivity contribution is 0.0952. The van der Waals surface area contributed by atoms with Crippen molar-refractivity contribution < 1.29 is 13.6 Å². The third-order valence-corrected chi connectivity index (χ3v) is 3.54. The number of carbonyl (C=O) groups is 1. The Balaban J connectivity index is 1.78. The number of hydrogen-bond donors (Lipinski definition) is 1. The van der Waals surface area contributed by atoms with Gasteiger partial charge in [-0.1, -0.05) is 4.49 Å². The summed E-state index contributed by atoms with van der Waals surface area (Å²) in [5, 5.41) is 6.68. The molecular formula is C14H10FN3O2S. The topological polar surface area (TPSA) is 68.0 Å². The molecule has 0 unspecified atom stereocenters. The second-order valence-electron chi connectivity index (χ2n) is 4.22. The maximum Gasteiger partial charge on any atom is 0.265 e. The van der Waals surface area contributed by atoms with Crippen molar-refractivity contribution in [3.63, 3.8) is 0 Å². The van der Waals surface area contributed by atoms with E-state index in [1.165, 1.54) is 12.1 Å². The van der Waals surface area contributed by atoms with E-state index >= 15 is 0 Å². The molecule has 0 aliphatic rings. The first kappa shape index (κ1) is 13.4. The molecule has 2 aromatic heterocycles. The first-order chi connectivity index (χ1) is 10.2. The molecule has 7 heteroatoms. The molecule has 21 heavy (non-hydrogen) atoms. The maximum atomic E-state index is 12.9. The molecule has 0 radical (unpaired) electrons. The number of carbonyl (C=O) groups excluding carboxylic acids is 1. The zero-order valence-electron chi connectivity index (χ0n) is 10.7. The van der Waals surface area contributed by atoms with Crippen molar-refractivity contribution in [1.29, 1.82) is 0 Å². The number of amides is 1. The number of nitrogens with zero attached hydrogens (tertiary/aromatic N) is 2. The van der Waals surface area contributed by atoms with Crippen LogP contribution in [0.5, 0.6) is 0 Å². The van der Waals surface area contributed by atoms with Crippen molar-refractivity contribution in [2.24, 2.45) is 0 Å². The first-order valence-corrected chi connectivity index (χ1v) is 6.90. The Bertz CT molecular complexity index is 738. The zero-order chi connectivity index (χ0) is 14.7. The van der Waals surface area contributed by atoms with Gasteiger partial charge in [-0.2, -0.15) is 0 Å². The molecular weight excluding hydrogens is 293 g/mol. The van der Waals surface area contributed by atoms with Crippen LogP contribution in [0, 0.1) is 5.82 Å². The zero-order valence-corrected chi connectivity index (χ0v) is 11.6. The van der Waals surface area contributed by atoms with E-state index in [4.69, 9.17) is 4.42 Å². The number of aromatic nitrogens is 2. The minimum Gasteiger partial charge on any atom is -0.467 e. The van der Waals surface area contributed by atoms with Crippen LogP contribution in [0.3, 0.4) is 0 Å². The van der Waals surface area contributed by atoms with E-state index < -0.39 is 0 Å². The van der Waals surface area contributed by atoms with Crippen LogP contribution in [0.2, 0.25) is 0 Å². The largest absolute Gasteiger partial charge is 0.467 e. The molecule has 3 aromatic rings. The molecule has 106 valence electrons. The summed E-state index contributed by atoms with van der Waals surface area (Å²) in [5.41, 5.74) is 1.09. The average molecular weight is 303 g/mol. The van der Waals surface area contributed by atoms with Gasteiger partial charge in [-0.15, -0.1) is 5.10 Å².